The number of hydrogen-bond acceptors (Lipinski definition) is 11. The van der Waals surface area contributed by atoms with Gasteiger partial charge in [-0.15, -0.1) is 22.7 Å². The van der Waals surface area contributed by atoms with Crippen LogP contribution in [0.5, 0.6) is 0 Å². The Morgan fingerprint density at radius 1 is 0.702 bits per heavy atom. The molecule has 13 nitrogen and oxygen atoms in total. The summed E-state index contributed by atoms with van der Waals surface area (Å²) in [4.78, 5) is 55.1. The third-order valence-corrected chi connectivity index (χ3v) is 9.67. The van der Waals surface area contributed by atoms with Crippen LogP contribution in [0.15, 0.2) is 97.5 Å². The molecule has 288 valence electrons. The predicted octanol–water partition coefficient (Wildman–Crippen LogP) is 8.84. The fourth-order valence-corrected chi connectivity index (χ4v) is 6.72. The normalized spacial score (nSPS) is 10.5. The Morgan fingerprint density at radius 3 is 1.67 bits per heavy atom. The van der Waals surface area contributed by atoms with Gasteiger partial charge in [-0.3, -0.25) is 15.0 Å². The molecule has 0 amide bonds. The smallest absolute Gasteiger partial charge is 0.753 e. The van der Waals surface area contributed by atoms with Crippen LogP contribution in [0.4, 0.5) is 13.2 Å². The summed E-state index contributed by atoms with van der Waals surface area (Å²) in [5.74, 6) is -3.56. The van der Waals surface area contributed by atoms with Gasteiger partial charge in [-0.1, -0.05) is 17.9 Å². The van der Waals surface area contributed by atoms with Gasteiger partial charge in [0.1, 0.15) is 5.69 Å². The second kappa shape index (κ2) is 19.1. The van der Waals surface area contributed by atoms with Crippen LogP contribution in [0.3, 0.4) is 0 Å². The molecule has 57 heavy (non-hydrogen) atoms. The van der Waals surface area contributed by atoms with E-state index in [2.05, 4.69) is 67.5 Å². The van der Waals surface area contributed by atoms with Gasteiger partial charge in [0.15, 0.2) is 0 Å². The van der Waals surface area contributed by atoms with Crippen molar-refractivity contribution in [1.29, 1.82) is 0 Å². The van der Waals surface area contributed by atoms with E-state index >= 15 is 0 Å². The molecular weight excluding hydrogens is 893 g/mol. The molecule has 0 aliphatic carbocycles. The molecule has 20 heteroatoms. The molecule has 7 heterocycles. The van der Waals surface area contributed by atoms with Gasteiger partial charge in [0.25, 0.3) is 0 Å². The van der Waals surface area contributed by atoms with Crippen molar-refractivity contribution in [3.05, 3.63) is 130 Å². The fourth-order valence-electron chi connectivity index (χ4n) is 4.77. The summed E-state index contributed by atoms with van der Waals surface area (Å²) in [6.07, 6.45) is -0.307. The molecule has 0 aliphatic heterocycles. The summed E-state index contributed by atoms with van der Waals surface area (Å²) >= 11 is 7.10. The zero-order valence-corrected chi connectivity index (χ0v) is 32.8. The Labute approximate surface area is 346 Å². The van der Waals surface area contributed by atoms with Gasteiger partial charge in [0, 0.05) is 49.4 Å². The van der Waals surface area contributed by atoms with E-state index in [1.807, 2.05) is 12.1 Å². The SMILES string of the molecule is Cc1ccc(-c2ccc(-c3ccc(-c4cc(C(F)(F)F)n[n-]4)nc3)s2)s1.O=C(O)c1ccnc(-c2cc(C(=O)O)cc(-c3cc(C(=O)O)ccn3)n2)c1.[N-]=C=S.[Ru+2]. The number of isothiocyanates is 1. The van der Waals surface area contributed by atoms with Crippen molar-refractivity contribution < 1.29 is 62.4 Å². The second-order valence-electron chi connectivity index (χ2n) is 11.1. The minimum Gasteiger partial charge on any atom is -0.753 e. The van der Waals surface area contributed by atoms with Crippen molar-refractivity contribution in [2.24, 2.45) is 0 Å². The summed E-state index contributed by atoms with van der Waals surface area (Å²) in [5, 5.41) is 42.8. The molecule has 0 unspecified atom stereocenters. The average Bonchev–Trinajstić information content (AvgIpc) is 3.97. The largest absolute Gasteiger partial charge is 2.00 e. The van der Waals surface area contributed by atoms with Crippen LogP contribution >= 0.6 is 34.9 Å². The first-order valence-electron chi connectivity index (χ1n) is 15.5. The van der Waals surface area contributed by atoms with Crippen LogP contribution in [0.1, 0.15) is 41.6 Å². The number of pyridine rings is 4. The number of halogens is 3. The maximum absolute atomic E-state index is 12.6. The van der Waals surface area contributed by atoms with Crippen molar-refractivity contribution in [3.63, 3.8) is 0 Å². The number of aromatic nitrogens is 6. The first-order chi connectivity index (χ1) is 26.7. The van der Waals surface area contributed by atoms with Crippen LogP contribution < -0.4 is 5.10 Å². The Bertz CT molecular complexity index is 2510. The van der Waals surface area contributed by atoms with Gasteiger partial charge in [-0.25, -0.2) is 19.4 Å². The minimum atomic E-state index is -4.50. The number of aryl methyl sites for hydroxylation is 1. The number of thiocarbonyl (C=S) groups is 1. The third kappa shape index (κ3) is 11.2. The molecule has 7 rings (SSSR count). The van der Waals surface area contributed by atoms with E-state index in [1.165, 1.54) is 68.6 Å². The summed E-state index contributed by atoms with van der Waals surface area (Å²) in [5.41, 5.74) is 0.757. The number of carboxylic acids is 3. The van der Waals surface area contributed by atoms with E-state index in [0.29, 0.717) is 5.69 Å². The molecule has 0 saturated heterocycles. The molecule has 0 bridgehead atoms. The predicted molar refractivity (Wildman–Crippen MR) is 205 cm³/mol. The number of thiophene rings is 2. The Hall–Kier alpha value is -6.17. The van der Waals surface area contributed by atoms with Crippen molar-refractivity contribution >= 4 is 58.0 Å². The van der Waals surface area contributed by atoms with Crippen molar-refractivity contribution in [2.45, 2.75) is 13.1 Å². The van der Waals surface area contributed by atoms with Crippen molar-refractivity contribution in [3.8, 4) is 54.4 Å². The minimum absolute atomic E-state index is 0. The van der Waals surface area contributed by atoms with Gasteiger partial charge in [-0.2, -0.15) is 18.3 Å². The number of rotatable bonds is 8. The summed E-state index contributed by atoms with van der Waals surface area (Å²) in [7, 11) is 0. The quantitative estimate of drug-likeness (QED) is 0.0739. The van der Waals surface area contributed by atoms with Crippen molar-refractivity contribution in [2.75, 3.05) is 0 Å². The van der Waals surface area contributed by atoms with Crippen molar-refractivity contribution in [1.82, 2.24) is 30.1 Å². The van der Waals surface area contributed by atoms with E-state index in [1.54, 1.807) is 34.9 Å². The number of carbonyl (C=O) groups is 3. The molecular formula is C37H22F3N7O6RuS3. The first kappa shape index (κ1) is 43.6. The van der Waals surface area contributed by atoms with Gasteiger partial charge < -0.3 is 30.9 Å². The number of alkyl halides is 3. The van der Waals surface area contributed by atoms with Gasteiger partial charge in [0.05, 0.1) is 39.5 Å². The number of hydrogen-bond donors (Lipinski definition) is 3. The van der Waals surface area contributed by atoms with Crippen LogP contribution in [0.25, 0.3) is 59.8 Å². The standard InChI is InChI=1S/C18H11F3N3S2.C18H11N3O6.CNS.Ru/c1-10-2-5-15(25-10)16-7-6-14(26-16)11-3-4-12(22-9-11)13-8-17(24-23-13)18(19,20)21;22-16(23)9-1-3-19-12(5-9)14-7-11(18(26)27)8-15(21-14)13-6-10(17(24)25)2-4-20-13;2-1-3;/h2-9H,1H3;1-8H,(H,22,23)(H,24,25)(H,26,27);;/q-1;;-1;+2. The van der Waals surface area contributed by atoms with Gasteiger partial charge >= 0.3 is 43.6 Å². The van der Waals surface area contributed by atoms with E-state index in [-0.39, 0.29) is 64.6 Å². The number of nitrogens with zero attached hydrogens (tertiary/aromatic N) is 7. The Kier molecular flexibility index (Phi) is 14.6. The zero-order valence-electron chi connectivity index (χ0n) is 28.6. The molecule has 7 aromatic heterocycles. The number of aromatic carboxylic acids is 3. The van der Waals surface area contributed by atoms with E-state index in [4.69, 9.17) is 15.6 Å². The van der Waals surface area contributed by atoms with E-state index in [9.17, 15) is 32.7 Å². The van der Waals surface area contributed by atoms with Gasteiger partial charge in [0.2, 0.25) is 0 Å². The molecule has 0 aromatic carbocycles. The van der Waals surface area contributed by atoms with E-state index in [0.717, 1.165) is 16.5 Å². The number of carboxylic acid groups (broad SMARTS) is 3. The molecule has 0 spiro atoms. The van der Waals surface area contributed by atoms with Crippen LogP contribution in [-0.2, 0) is 25.7 Å². The summed E-state index contributed by atoms with van der Waals surface area (Å²) in [6, 6.07) is 20.3. The summed E-state index contributed by atoms with van der Waals surface area (Å²) in [6.45, 7) is 2.07. The Balaban J connectivity index is 0.000000233. The van der Waals surface area contributed by atoms with E-state index < -0.39 is 29.8 Å². The molecule has 0 aliphatic rings. The molecule has 0 fully saturated rings. The molecule has 0 saturated carbocycles. The molecule has 3 N–H and O–H groups in total. The monoisotopic (exact) mass is 915 g/mol. The molecule has 7 aromatic rings. The van der Waals surface area contributed by atoms with Gasteiger partial charge in [-0.05, 0) is 85.8 Å². The molecule has 0 radical (unpaired) electrons. The second-order valence-corrected chi connectivity index (χ2v) is 13.7. The third-order valence-electron chi connectivity index (χ3n) is 7.34. The summed E-state index contributed by atoms with van der Waals surface area (Å²) < 4.78 is 37.9. The van der Waals surface area contributed by atoms with Crippen LogP contribution in [0.2, 0.25) is 0 Å². The average molecular weight is 915 g/mol. The topological polar surface area (TPSA) is 213 Å². The maximum Gasteiger partial charge on any atom is 2.00 e. The molecule has 0 atom stereocenters. The fraction of sp³-hybridized carbons (Fsp3) is 0.0541. The first-order valence-corrected chi connectivity index (χ1v) is 17.6. The zero-order chi connectivity index (χ0) is 40.6. The maximum atomic E-state index is 12.6. The Morgan fingerprint density at radius 2 is 1.21 bits per heavy atom. The van der Waals surface area contributed by atoms with Crippen LogP contribution in [0, 0.1) is 6.92 Å². The van der Waals surface area contributed by atoms with Crippen LogP contribution in [-0.4, -0.2) is 63.4 Å².